The van der Waals surface area contributed by atoms with Gasteiger partial charge >= 0.3 is 35.5 Å². The van der Waals surface area contributed by atoms with Gasteiger partial charge in [0, 0.05) is 0 Å². The Hall–Kier alpha value is 0.660. The van der Waals surface area contributed by atoms with E-state index in [4.69, 9.17) is 10.5 Å². The number of ether oxygens (including phenoxy) is 1. The van der Waals surface area contributed by atoms with Crippen molar-refractivity contribution in [1.82, 2.24) is 0 Å². The Balaban J connectivity index is 0.00000288. The number of alkyl halides is 2. The summed E-state index contributed by atoms with van der Waals surface area (Å²) in [4.78, 5) is 11.2. The van der Waals surface area contributed by atoms with E-state index in [1.165, 1.54) is 12.1 Å². The Morgan fingerprint density at radius 2 is 1.83 bits per heavy atom. The standard InChI is InChI=1S/C15H12I3NO4.Na/c16-11-7-9(20)3-6-12(11)23-10-4-1-8(2-5-10)13(17)15(18,19)14(21)22;/h1-7,13,20H,19H2,(H,21,22);/q;+1/p-1/t13-,15-;/m0./s1. The van der Waals surface area contributed by atoms with Crippen molar-refractivity contribution in [2.45, 2.75) is 7.47 Å². The molecule has 0 aliphatic heterocycles. The van der Waals surface area contributed by atoms with Crippen LogP contribution in [0.25, 0.3) is 0 Å². The third kappa shape index (κ3) is 5.58. The van der Waals surface area contributed by atoms with Crippen molar-refractivity contribution < 1.29 is 49.3 Å². The van der Waals surface area contributed by atoms with Gasteiger partial charge in [-0.1, -0.05) is 46.9 Å². The molecule has 0 bridgehead atoms. The fourth-order valence-electron chi connectivity index (χ4n) is 1.75. The summed E-state index contributed by atoms with van der Waals surface area (Å²) in [5.41, 5.74) is 6.64. The largest absolute Gasteiger partial charge is 1.00 e. The predicted octanol–water partition coefficient (Wildman–Crippen LogP) is 0.812. The molecule has 0 heterocycles. The number of halogens is 3. The van der Waals surface area contributed by atoms with Crippen LogP contribution >= 0.6 is 67.8 Å². The van der Waals surface area contributed by atoms with Crippen molar-refractivity contribution in [2.24, 2.45) is 5.73 Å². The number of aliphatic carboxylic acids is 1. The second-order valence-corrected chi connectivity index (χ2v) is 8.89. The summed E-state index contributed by atoms with van der Waals surface area (Å²) < 4.78 is 4.68. The molecule has 0 aliphatic rings. The number of benzene rings is 2. The van der Waals surface area contributed by atoms with Gasteiger partial charge in [0.05, 0.1) is 7.49 Å². The first-order chi connectivity index (χ1) is 10.7. The number of nitrogens with two attached hydrogens (primary N) is 1. The van der Waals surface area contributed by atoms with Crippen molar-refractivity contribution in [2.75, 3.05) is 0 Å². The topological polar surface area (TPSA) is 95.6 Å². The summed E-state index contributed by atoms with van der Waals surface area (Å²) >= 11 is 5.80. The van der Waals surface area contributed by atoms with Crippen LogP contribution in [-0.2, 0) is 4.79 Å². The molecule has 122 valence electrons. The number of carbonyl (C=O) groups is 1. The van der Waals surface area contributed by atoms with Gasteiger partial charge in [-0.05, 0) is 68.9 Å². The van der Waals surface area contributed by atoms with Crippen LogP contribution in [0.4, 0.5) is 0 Å². The average molecular weight is 673 g/mol. The van der Waals surface area contributed by atoms with Crippen LogP contribution in [0.1, 0.15) is 9.49 Å². The van der Waals surface area contributed by atoms with Crippen molar-refractivity contribution in [3.8, 4) is 17.2 Å². The van der Waals surface area contributed by atoms with E-state index >= 15 is 0 Å². The molecule has 2 aromatic rings. The molecule has 24 heavy (non-hydrogen) atoms. The second-order valence-electron chi connectivity index (χ2n) is 4.70. The molecule has 3 N–H and O–H groups in total. The van der Waals surface area contributed by atoms with Crippen molar-refractivity contribution in [3.63, 3.8) is 0 Å². The molecule has 0 aromatic heterocycles. The van der Waals surface area contributed by atoms with Gasteiger partial charge in [-0.2, -0.15) is 0 Å². The average Bonchev–Trinajstić information content (AvgIpc) is 2.50. The van der Waals surface area contributed by atoms with Crippen LogP contribution < -0.4 is 45.1 Å². The molecule has 0 fully saturated rings. The van der Waals surface area contributed by atoms with Crippen LogP contribution in [0.3, 0.4) is 0 Å². The molecular formula is C15H11I3NNaO4. The number of carboxylic acid groups (broad SMARTS) is 1. The summed E-state index contributed by atoms with van der Waals surface area (Å²) in [6, 6.07) is 11.6. The van der Waals surface area contributed by atoms with Gasteiger partial charge in [-0.25, -0.2) is 4.79 Å². The smallest absolute Gasteiger partial charge is 0.872 e. The number of hydrogen-bond donors (Lipinski definition) is 2. The van der Waals surface area contributed by atoms with Gasteiger partial charge in [-0.3, -0.25) is 0 Å². The SMILES string of the molecule is N[C@](I)(C(=O)O)[C@@H](I)c1ccc(Oc2ccc([O-])cc2I)cc1.[Na+]. The Labute approximate surface area is 202 Å². The maximum Gasteiger partial charge on any atom is 1.00 e. The van der Waals surface area contributed by atoms with Crippen LogP contribution in [-0.4, -0.2) is 14.6 Å². The first-order valence-electron chi connectivity index (χ1n) is 6.31. The third-order valence-corrected chi connectivity index (χ3v) is 7.82. The zero-order chi connectivity index (χ0) is 17.2. The van der Waals surface area contributed by atoms with E-state index in [2.05, 4.69) is 0 Å². The Morgan fingerprint density at radius 1 is 1.25 bits per heavy atom. The van der Waals surface area contributed by atoms with Gasteiger partial charge < -0.3 is 20.7 Å². The molecule has 0 aliphatic carbocycles. The Kier molecular flexibility index (Phi) is 9.04. The summed E-state index contributed by atoms with van der Waals surface area (Å²) in [6.07, 6.45) is 0. The zero-order valence-electron chi connectivity index (χ0n) is 12.5. The van der Waals surface area contributed by atoms with E-state index in [1.807, 2.05) is 45.2 Å². The van der Waals surface area contributed by atoms with Crippen LogP contribution in [0.2, 0.25) is 0 Å². The van der Waals surface area contributed by atoms with Gasteiger partial charge in [0.2, 0.25) is 0 Å². The second kappa shape index (κ2) is 9.55. The molecular weight excluding hydrogens is 662 g/mol. The van der Waals surface area contributed by atoms with Gasteiger partial charge in [-0.15, -0.1) is 5.75 Å². The molecule has 2 aromatic carbocycles. The monoisotopic (exact) mass is 673 g/mol. The molecule has 0 saturated carbocycles. The minimum Gasteiger partial charge on any atom is -0.872 e. The fourth-order valence-corrected chi connectivity index (χ4v) is 3.39. The van der Waals surface area contributed by atoms with Crippen molar-refractivity contribution in [1.29, 1.82) is 0 Å². The van der Waals surface area contributed by atoms with Gasteiger partial charge in [0.15, 0.2) is 3.55 Å². The molecule has 0 spiro atoms. The molecule has 0 saturated heterocycles. The van der Waals surface area contributed by atoms with Crippen LogP contribution in [0.5, 0.6) is 17.2 Å². The number of rotatable bonds is 5. The molecule has 2 atom stereocenters. The minimum atomic E-state index is -1.39. The van der Waals surface area contributed by atoms with Gasteiger partial charge in [0.1, 0.15) is 11.5 Å². The van der Waals surface area contributed by atoms with Crippen LogP contribution in [0.15, 0.2) is 42.5 Å². The number of carboxylic acids is 1. The third-order valence-electron chi connectivity index (χ3n) is 3.00. The molecule has 9 heteroatoms. The first kappa shape index (κ1) is 22.7. The molecule has 0 amide bonds. The molecule has 5 nitrogen and oxygen atoms in total. The van der Waals surface area contributed by atoms with Gasteiger partial charge in [0.25, 0.3) is 0 Å². The minimum absolute atomic E-state index is 0. The quantitative estimate of drug-likeness (QED) is 0.212. The molecule has 2 rings (SSSR count). The van der Waals surface area contributed by atoms with Crippen LogP contribution in [0, 0.1) is 3.57 Å². The predicted molar refractivity (Wildman–Crippen MR) is 110 cm³/mol. The Bertz CT molecular complexity index is 725. The van der Waals surface area contributed by atoms with E-state index in [-0.39, 0.29) is 35.3 Å². The fraction of sp³-hybridized carbons (Fsp3) is 0.133. The van der Waals surface area contributed by atoms with Crippen molar-refractivity contribution >= 4 is 73.7 Å². The summed E-state index contributed by atoms with van der Waals surface area (Å²) in [7, 11) is 0. The summed E-state index contributed by atoms with van der Waals surface area (Å²) in [6.45, 7) is 0. The van der Waals surface area contributed by atoms with E-state index in [9.17, 15) is 15.0 Å². The molecule has 0 unspecified atom stereocenters. The summed E-state index contributed by atoms with van der Waals surface area (Å²) in [5.74, 6) is 0.0572. The maximum absolute atomic E-state index is 11.2. The number of hydrogen-bond acceptors (Lipinski definition) is 4. The van der Waals surface area contributed by atoms with E-state index in [0.717, 1.165) is 9.13 Å². The Morgan fingerprint density at radius 3 is 2.33 bits per heavy atom. The van der Waals surface area contributed by atoms with E-state index in [0.29, 0.717) is 11.5 Å². The maximum atomic E-state index is 11.2. The first-order valence-corrected chi connectivity index (χ1v) is 9.71. The van der Waals surface area contributed by atoms with E-state index < -0.39 is 13.4 Å². The zero-order valence-corrected chi connectivity index (χ0v) is 21.0. The van der Waals surface area contributed by atoms with Crippen molar-refractivity contribution in [3.05, 3.63) is 51.6 Å². The normalized spacial score (nSPS) is 14.2. The summed E-state index contributed by atoms with van der Waals surface area (Å²) in [5, 5.41) is 20.4. The molecule has 0 radical (unpaired) electrons. The van der Waals surface area contributed by atoms with E-state index in [1.54, 1.807) is 52.9 Å².